The molecule has 2 aromatic carbocycles. The van der Waals surface area contributed by atoms with Gasteiger partial charge in [-0.25, -0.2) is 18.8 Å². The molecule has 2 heterocycles. The Labute approximate surface area is 198 Å². The van der Waals surface area contributed by atoms with Crippen molar-refractivity contribution in [3.05, 3.63) is 47.0 Å². The molecule has 6 nitrogen and oxygen atoms in total. The zero-order valence-corrected chi connectivity index (χ0v) is 20.2. The predicted octanol–water partition coefficient (Wildman–Crippen LogP) is 5.00. The lowest BCUT2D eigenvalue weighted by Crippen LogP contribution is -2.38. The van der Waals surface area contributed by atoms with Gasteiger partial charge in [-0.05, 0) is 36.0 Å². The van der Waals surface area contributed by atoms with Gasteiger partial charge in [-0.2, -0.15) is 0 Å². The van der Waals surface area contributed by atoms with E-state index < -0.39 is 11.6 Å². The molecule has 0 radical (unpaired) electrons. The maximum Gasteiger partial charge on any atom is 0.209 e. The van der Waals surface area contributed by atoms with Crippen LogP contribution >= 0.6 is 0 Å². The monoisotopic (exact) mass is 472 g/mol. The summed E-state index contributed by atoms with van der Waals surface area (Å²) in [6.45, 7) is 4.68. The third-order valence-electron chi connectivity index (χ3n) is 6.26. The minimum atomic E-state index is -0.956. The van der Waals surface area contributed by atoms with E-state index >= 15 is 0 Å². The Hall–Kier alpha value is -3.16. The molecule has 0 unspecified atom stereocenters. The molecule has 0 amide bonds. The van der Waals surface area contributed by atoms with E-state index in [0.29, 0.717) is 41.7 Å². The van der Waals surface area contributed by atoms with E-state index in [1.54, 1.807) is 14.2 Å². The van der Waals surface area contributed by atoms with E-state index in [-0.39, 0.29) is 23.8 Å². The Morgan fingerprint density at radius 1 is 0.971 bits per heavy atom. The second-order valence-electron chi connectivity index (χ2n) is 8.75. The quantitative estimate of drug-likeness (QED) is 0.614. The van der Waals surface area contributed by atoms with Crippen molar-refractivity contribution in [3.8, 4) is 22.6 Å². The maximum atomic E-state index is 14.1. The van der Waals surface area contributed by atoms with Gasteiger partial charge in [0.25, 0.3) is 0 Å². The van der Waals surface area contributed by atoms with Gasteiger partial charge in [0, 0.05) is 23.6 Å². The first-order valence-corrected chi connectivity index (χ1v) is 11.4. The Balaban J connectivity index is 1.75. The van der Waals surface area contributed by atoms with Crippen LogP contribution in [-0.4, -0.2) is 51.8 Å². The molecule has 182 valence electrons. The summed E-state index contributed by atoms with van der Waals surface area (Å²) in [4.78, 5) is 9.58. The fraction of sp³-hybridized carbons (Fsp3) is 0.462. The van der Waals surface area contributed by atoms with Gasteiger partial charge in [-0.15, -0.1) is 0 Å². The van der Waals surface area contributed by atoms with E-state index in [9.17, 15) is 8.78 Å². The van der Waals surface area contributed by atoms with E-state index in [2.05, 4.69) is 13.8 Å². The largest absolute Gasteiger partial charge is 0.496 e. The van der Waals surface area contributed by atoms with Crippen LogP contribution in [0.2, 0.25) is 0 Å². The fourth-order valence-corrected chi connectivity index (χ4v) is 4.54. The first-order chi connectivity index (χ1) is 16.4. The second kappa shape index (κ2) is 9.99. The normalized spacial score (nSPS) is 19.6. The van der Waals surface area contributed by atoms with Gasteiger partial charge in [0.2, 0.25) is 11.8 Å². The van der Waals surface area contributed by atoms with Gasteiger partial charge in [-0.3, -0.25) is 0 Å². The Kier molecular flexibility index (Phi) is 7.05. The number of fused-ring (bicyclic) bond motifs is 1. The van der Waals surface area contributed by atoms with Gasteiger partial charge in [0.05, 0.1) is 27.9 Å². The van der Waals surface area contributed by atoms with Crippen LogP contribution < -0.4 is 9.47 Å². The minimum Gasteiger partial charge on any atom is -0.496 e. The van der Waals surface area contributed by atoms with Crippen molar-refractivity contribution in [3.63, 3.8) is 0 Å². The SMILES string of the molecule is COC1=N[C@H](C(C)C)C(OC)=N[C@H]1Cc1ccc(-c2cc(F)c(F)cc2OC)c2c1CCCO2. The molecule has 0 spiro atoms. The lowest BCUT2D eigenvalue weighted by molar-refractivity contribution is 0.288. The standard InChI is InChI=1S/C26H30F2N2O4/c1-14(2)23-26(33-5)29-21(25(30-23)32-4)11-15-8-9-17(24-16(15)7-6-10-34-24)18-12-19(27)20(28)13-22(18)31-3/h8-9,12-14,21,23H,6-7,10-11H2,1-5H3/t21-,23+/m0/s1. The van der Waals surface area contributed by atoms with Crippen LogP contribution in [0.5, 0.6) is 11.5 Å². The number of nitrogens with zero attached hydrogens (tertiary/aromatic N) is 2. The Morgan fingerprint density at radius 2 is 1.71 bits per heavy atom. The summed E-state index contributed by atoms with van der Waals surface area (Å²) < 4.78 is 50.5. The van der Waals surface area contributed by atoms with Crippen molar-refractivity contribution in [1.82, 2.24) is 0 Å². The summed E-state index contributed by atoms with van der Waals surface area (Å²) in [5, 5.41) is 0. The zero-order valence-electron chi connectivity index (χ0n) is 20.2. The number of halogens is 2. The maximum absolute atomic E-state index is 14.1. The highest BCUT2D eigenvalue weighted by Gasteiger charge is 2.32. The zero-order chi connectivity index (χ0) is 24.4. The van der Waals surface area contributed by atoms with Crippen LogP contribution in [0.15, 0.2) is 34.3 Å². The Morgan fingerprint density at radius 3 is 2.38 bits per heavy atom. The summed E-state index contributed by atoms with van der Waals surface area (Å²) in [5.41, 5.74) is 3.17. The van der Waals surface area contributed by atoms with Gasteiger partial charge >= 0.3 is 0 Å². The Bertz CT molecular complexity index is 1130. The van der Waals surface area contributed by atoms with E-state index in [0.717, 1.165) is 36.1 Å². The van der Waals surface area contributed by atoms with Gasteiger partial charge in [0.15, 0.2) is 11.6 Å². The molecule has 0 fully saturated rings. The van der Waals surface area contributed by atoms with Crippen molar-refractivity contribution in [2.24, 2.45) is 15.9 Å². The average molecular weight is 473 g/mol. The molecule has 4 rings (SSSR count). The van der Waals surface area contributed by atoms with Crippen LogP contribution in [0.4, 0.5) is 8.78 Å². The number of hydrogen-bond donors (Lipinski definition) is 0. The number of benzene rings is 2. The first-order valence-electron chi connectivity index (χ1n) is 11.4. The van der Waals surface area contributed by atoms with Crippen LogP contribution in [0.3, 0.4) is 0 Å². The molecule has 0 bridgehead atoms. The molecule has 0 N–H and O–H groups in total. The van der Waals surface area contributed by atoms with Crippen molar-refractivity contribution in [1.29, 1.82) is 0 Å². The van der Waals surface area contributed by atoms with Gasteiger partial charge in [-0.1, -0.05) is 26.0 Å². The summed E-state index contributed by atoms with van der Waals surface area (Å²) in [6.07, 6.45) is 2.20. The summed E-state index contributed by atoms with van der Waals surface area (Å²) in [5.74, 6) is 0.395. The highest BCUT2D eigenvalue weighted by molar-refractivity contribution is 5.94. The molecule has 0 saturated carbocycles. The second-order valence-corrected chi connectivity index (χ2v) is 8.75. The molecule has 8 heteroatoms. The van der Waals surface area contributed by atoms with Crippen LogP contribution in [0, 0.1) is 17.6 Å². The molecule has 2 aromatic rings. The number of methoxy groups -OCH3 is 3. The minimum absolute atomic E-state index is 0.184. The molecule has 2 aliphatic rings. The van der Waals surface area contributed by atoms with Crippen LogP contribution in [-0.2, 0) is 22.3 Å². The lowest BCUT2D eigenvalue weighted by Gasteiger charge is -2.29. The van der Waals surface area contributed by atoms with Crippen molar-refractivity contribution < 1.29 is 27.7 Å². The van der Waals surface area contributed by atoms with Gasteiger partial charge < -0.3 is 18.9 Å². The number of aliphatic imine (C=N–C) groups is 2. The predicted molar refractivity (Wildman–Crippen MR) is 127 cm³/mol. The topological polar surface area (TPSA) is 61.6 Å². The molecule has 0 aromatic heterocycles. The first kappa shape index (κ1) is 24.0. The van der Waals surface area contributed by atoms with Crippen molar-refractivity contribution >= 4 is 11.8 Å². The number of hydrogen-bond acceptors (Lipinski definition) is 6. The molecule has 2 aliphatic heterocycles. The third-order valence-corrected chi connectivity index (χ3v) is 6.26. The van der Waals surface area contributed by atoms with Gasteiger partial charge in [0.1, 0.15) is 23.6 Å². The molecule has 34 heavy (non-hydrogen) atoms. The van der Waals surface area contributed by atoms with Crippen LogP contribution in [0.25, 0.3) is 11.1 Å². The molecular formula is C26H30F2N2O4. The van der Waals surface area contributed by atoms with Crippen LogP contribution in [0.1, 0.15) is 31.4 Å². The summed E-state index contributed by atoms with van der Waals surface area (Å²) >= 11 is 0. The highest BCUT2D eigenvalue weighted by Crippen LogP contribution is 2.43. The average Bonchev–Trinajstić information content (AvgIpc) is 2.85. The van der Waals surface area contributed by atoms with Crippen molar-refractivity contribution in [2.75, 3.05) is 27.9 Å². The summed E-state index contributed by atoms with van der Waals surface area (Å²) in [7, 11) is 4.65. The molecule has 2 atom stereocenters. The number of rotatable bonds is 5. The third kappa shape index (κ3) is 4.45. The lowest BCUT2D eigenvalue weighted by atomic mass is 9.90. The molecule has 0 saturated heterocycles. The van der Waals surface area contributed by atoms with E-state index in [1.165, 1.54) is 7.11 Å². The van der Waals surface area contributed by atoms with E-state index in [1.807, 2.05) is 12.1 Å². The molecule has 0 aliphatic carbocycles. The number of ether oxygens (including phenoxy) is 4. The van der Waals surface area contributed by atoms with E-state index in [4.69, 9.17) is 28.9 Å². The summed E-state index contributed by atoms with van der Waals surface area (Å²) in [6, 6.07) is 5.54. The molecular weight excluding hydrogens is 442 g/mol. The fourth-order valence-electron chi connectivity index (χ4n) is 4.54. The smallest absolute Gasteiger partial charge is 0.209 e. The highest BCUT2D eigenvalue weighted by atomic mass is 19.2. The van der Waals surface area contributed by atoms with Crippen molar-refractivity contribution in [2.45, 2.75) is 45.2 Å².